The van der Waals surface area contributed by atoms with Gasteiger partial charge in [-0.25, -0.2) is 4.39 Å². The summed E-state index contributed by atoms with van der Waals surface area (Å²) in [5.74, 6) is 0.738. The van der Waals surface area contributed by atoms with Crippen molar-refractivity contribution in [1.29, 1.82) is 0 Å². The summed E-state index contributed by atoms with van der Waals surface area (Å²) in [7, 11) is 0. The fourth-order valence-corrected chi connectivity index (χ4v) is 3.08. The van der Waals surface area contributed by atoms with E-state index >= 15 is 0 Å². The first kappa shape index (κ1) is 22.6. The molecule has 3 N–H and O–H groups in total. The quantitative estimate of drug-likeness (QED) is 0.568. The van der Waals surface area contributed by atoms with Gasteiger partial charge in [0.15, 0.2) is 0 Å². The van der Waals surface area contributed by atoms with Crippen molar-refractivity contribution in [3.63, 3.8) is 0 Å². The van der Waals surface area contributed by atoms with E-state index in [9.17, 15) is 14.6 Å². The van der Waals surface area contributed by atoms with Crippen LogP contribution in [0.2, 0.25) is 0 Å². The molecule has 0 spiro atoms. The predicted molar refractivity (Wildman–Crippen MR) is 106 cm³/mol. The van der Waals surface area contributed by atoms with Crippen molar-refractivity contribution < 1.29 is 29.2 Å². The molecule has 156 valence electrons. The van der Waals surface area contributed by atoms with Crippen LogP contribution in [0.25, 0.3) is 0 Å². The summed E-state index contributed by atoms with van der Waals surface area (Å²) >= 11 is 0. The molecule has 0 saturated heterocycles. The van der Waals surface area contributed by atoms with Gasteiger partial charge < -0.3 is 24.8 Å². The van der Waals surface area contributed by atoms with Crippen LogP contribution in [0.4, 0.5) is 4.39 Å². The van der Waals surface area contributed by atoms with Crippen molar-refractivity contribution in [2.75, 3.05) is 26.5 Å². The zero-order chi connectivity index (χ0) is 20.7. The minimum absolute atomic E-state index is 0.0190. The molecule has 1 aliphatic carbocycles. The standard InChI is InChI=1S/C22H31FO5/c1-15-10-17(6-9-21(15)28-13-18(25)11-23)22(2,3)16-4-7-20(8-5-16)27-14-19(26)12-24/h4-10,15,18-19,21,24-26H,11-14H2,1-3H3. The Morgan fingerprint density at radius 3 is 2.36 bits per heavy atom. The fourth-order valence-electron chi connectivity index (χ4n) is 3.08. The maximum atomic E-state index is 12.4. The van der Waals surface area contributed by atoms with E-state index in [0.717, 1.165) is 11.1 Å². The van der Waals surface area contributed by atoms with E-state index in [0.29, 0.717) is 5.75 Å². The van der Waals surface area contributed by atoms with Gasteiger partial charge in [-0.2, -0.15) is 0 Å². The highest BCUT2D eigenvalue weighted by molar-refractivity contribution is 5.44. The topological polar surface area (TPSA) is 79.2 Å². The van der Waals surface area contributed by atoms with Crippen molar-refractivity contribution in [3.05, 3.63) is 53.6 Å². The molecule has 1 aromatic carbocycles. The highest BCUT2D eigenvalue weighted by Gasteiger charge is 2.28. The third-order valence-corrected chi connectivity index (χ3v) is 5.04. The number of alkyl halides is 1. The number of rotatable bonds is 10. The number of allylic oxidation sites excluding steroid dienone is 2. The lowest BCUT2D eigenvalue weighted by atomic mass is 9.74. The van der Waals surface area contributed by atoms with Crippen LogP contribution >= 0.6 is 0 Å². The van der Waals surface area contributed by atoms with Gasteiger partial charge in [-0.05, 0) is 23.3 Å². The van der Waals surface area contributed by atoms with Crippen LogP contribution in [0.1, 0.15) is 26.3 Å². The Bertz CT molecular complexity index is 668. The summed E-state index contributed by atoms with van der Waals surface area (Å²) in [6.45, 7) is 5.19. The first-order chi connectivity index (χ1) is 13.3. The Morgan fingerprint density at radius 1 is 1.11 bits per heavy atom. The van der Waals surface area contributed by atoms with Crippen LogP contribution in [0.5, 0.6) is 5.75 Å². The van der Waals surface area contributed by atoms with E-state index in [1.54, 1.807) is 0 Å². The van der Waals surface area contributed by atoms with E-state index in [2.05, 4.69) is 19.9 Å². The maximum Gasteiger partial charge on any atom is 0.119 e. The summed E-state index contributed by atoms with van der Waals surface area (Å²) in [6.07, 6.45) is 3.97. The van der Waals surface area contributed by atoms with E-state index in [1.807, 2.05) is 43.3 Å². The summed E-state index contributed by atoms with van der Waals surface area (Å²) in [6, 6.07) is 7.67. The predicted octanol–water partition coefficient (Wildman–Crippen LogP) is 2.54. The Kier molecular flexibility index (Phi) is 8.19. The Hall–Kier alpha value is -1.73. The molecule has 1 aliphatic rings. The fraction of sp³-hybridized carbons (Fsp3) is 0.545. The molecule has 4 atom stereocenters. The summed E-state index contributed by atoms with van der Waals surface area (Å²) < 4.78 is 23.5. The van der Waals surface area contributed by atoms with Crippen molar-refractivity contribution in [2.24, 2.45) is 5.92 Å². The Morgan fingerprint density at radius 2 is 1.79 bits per heavy atom. The molecular formula is C22H31FO5. The van der Waals surface area contributed by atoms with Gasteiger partial charge in [0, 0.05) is 11.3 Å². The van der Waals surface area contributed by atoms with Gasteiger partial charge in [-0.3, -0.25) is 0 Å². The zero-order valence-corrected chi connectivity index (χ0v) is 16.7. The smallest absolute Gasteiger partial charge is 0.119 e. The third-order valence-electron chi connectivity index (χ3n) is 5.04. The van der Waals surface area contributed by atoms with Gasteiger partial charge in [-0.1, -0.05) is 51.1 Å². The molecular weight excluding hydrogens is 363 g/mol. The second-order valence-electron chi connectivity index (χ2n) is 7.74. The van der Waals surface area contributed by atoms with Gasteiger partial charge in [0.25, 0.3) is 0 Å². The SMILES string of the molecule is CC1C=C(C(C)(C)c2ccc(OCC(O)CO)cc2)C=CC1OCC(O)CF. The molecule has 6 heteroatoms. The number of hydrogen-bond acceptors (Lipinski definition) is 5. The van der Waals surface area contributed by atoms with E-state index in [-0.39, 0.29) is 37.3 Å². The highest BCUT2D eigenvalue weighted by Crippen LogP contribution is 2.36. The van der Waals surface area contributed by atoms with Crippen LogP contribution in [-0.2, 0) is 10.2 Å². The average Bonchev–Trinajstić information content (AvgIpc) is 2.70. The second kappa shape index (κ2) is 10.2. The highest BCUT2D eigenvalue weighted by atomic mass is 19.1. The minimum Gasteiger partial charge on any atom is -0.491 e. The molecule has 0 radical (unpaired) electrons. The summed E-state index contributed by atoms with van der Waals surface area (Å²) in [4.78, 5) is 0. The molecule has 0 aliphatic heterocycles. The Labute approximate surface area is 166 Å². The van der Waals surface area contributed by atoms with Crippen LogP contribution in [0.3, 0.4) is 0 Å². The van der Waals surface area contributed by atoms with Gasteiger partial charge in [0.2, 0.25) is 0 Å². The molecule has 28 heavy (non-hydrogen) atoms. The van der Waals surface area contributed by atoms with Crippen LogP contribution in [0.15, 0.2) is 48.1 Å². The normalized spacial score (nSPS) is 21.9. The molecule has 0 saturated carbocycles. The van der Waals surface area contributed by atoms with E-state index in [1.165, 1.54) is 0 Å². The maximum absolute atomic E-state index is 12.4. The summed E-state index contributed by atoms with van der Waals surface area (Å²) in [5, 5.41) is 27.5. The first-order valence-corrected chi connectivity index (χ1v) is 9.56. The van der Waals surface area contributed by atoms with E-state index < -0.39 is 18.9 Å². The molecule has 0 amide bonds. The van der Waals surface area contributed by atoms with E-state index in [4.69, 9.17) is 14.6 Å². The lowest BCUT2D eigenvalue weighted by molar-refractivity contribution is -0.0116. The Balaban J connectivity index is 2.03. The number of aliphatic hydroxyl groups is 3. The van der Waals surface area contributed by atoms with Crippen LogP contribution in [-0.4, -0.2) is 60.1 Å². The lowest BCUT2D eigenvalue weighted by Crippen LogP contribution is -2.29. The van der Waals surface area contributed by atoms with Crippen molar-refractivity contribution in [2.45, 2.75) is 44.5 Å². The average molecular weight is 394 g/mol. The zero-order valence-electron chi connectivity index (χ0n) is 16.7. The van der Waals surface area contributed by atoms with Crippen molar-refractivity contribution in [3.8, 4) is 5.75 Å². The number of aliphatic hydroxyl groups excluding tert-OH is 3. The number of benzene rings is 1. The van der Waals surface area contributed by atoms with Crippen molar-refractivity contribution in [1.82, 2.24) is 0 Å². The molecule has 5 nitrogen and oxygen atoms in total. The number of halogens is 1. The molecule has 1 aromatic rings. The molecule has 2 rings (SSSR count). The summed E-state index contributed by atoms with van der Waals surface area (Å²) in [5.41, 5.74) is 2.02. The molecule has 0 aromatic heterocycles. The van der Waals surface area contributed by atoms with Gasteiger partial charge in [-0.15, -0.1) is 0 Å². The second-order valence-corrected chi connectivity index (χ2v) is 7.74. The first-order valence-electron chi connectivity index (χ1n) is 9.56. The molecule has 0 bridgehead atoms. The van der Waals surface area contributed by atoms with Crippen LogP contribution in [0, 0.1) is 5.92 Å². The molecule has 0 heterocycles. The lowest BCUT2D eigenvalue weighted by Gasteiger charge is -2.32. The molecule has 0 fully saturated rings. The number of hydrogen-bond donors (Lipinski definition) is 3. The van der Waals surface area contributed by atoms with Gasteiger partial charge in [0.1, 0.15) is 31.2 Å². The van der Waals surface area contributed by atoms with Crippen LogP contribution < -0.4 is 4.74 Å². The molecule has 4 unspecified atom stereocenters. The van der Waals surface area contributed by atoms with Crippen molar-refractivity contribution >= 4 is 0 Å². The largest absolute Gasteiger partial charge is 0.491 e. The third kappa shape index (κ3) is 5.88. The number of ether oxygens (including phenoxy) is 2. The monoisotopic (exact) mass is 394 g/mol. The minimum atomic E-state index is -1.08. The van der Waals surface area contributed by atoms with Gasteiger partial charge >= 0.3 is 0 Å². The van der Waals surface area contributed by atoms with Gasteiger partial charge in [0.05, 0.1) is 19.3 Å².